The SMILES string of the molecule is CC(C(N)=S)N1CCN(S(=O)(=O)CCS(C)(=O)=O)CC1. The molecule has 0 spiro atoms. The Labute approximate surface area is 126 Å². The van der Waals surface area contributed by atoms with Crippen LogP contribution in [0, 0.1) is 0 Å². The van der Waals surface area contributed by atoms with Crippen LogP contribution in [0.1, 0.15) is 6.92 Å². The summed E-state index contributed by atoms with van der Waals surface area (Å²) in [5, 5.41) is 0. The molecule has 0 bridgehead atoms. The molecule has 0 aromatic carbocycles. The second-order valence-electron chi connectivity index (χ2n) is 4.96. The normalized spacial score (nSPS) is 20.7. The number of sulfone groups is 1. The Hall–Kier alpha value is -0.290. The lowest BCUT2D eigenvalue weighted by atomic mass is 10.2. The van der Waals surface area contributed by atoms with E-state index in [1.165, 1.54) is 4.31 Å². The molecule has 0 aromatic heterocycles. The number of piperazine rings is 1. The van der Waals surface area contributed by atoms with Crippen LogP contribution in [0.2, 0.25) is 0 Å². The van der Waals surface area contributed by atoms with Crippen LogP contribution < -0.4 is 5.73 Å². The van der Waals surface area contributed by atoms with E-state index in [4.69, 9.17) is 18.0 Å². The molecule has 1 saturated heterocycles. The monoisotopic (exact) mass is 343 g/mol. The molecule has 1 fully saturated rings. The molecule has 1 aliphatic heterocycles. The van der Waals surface area contributed by atoms with Crippen molar-refractivity contribution >= 4 is 37.1 Å². The highest BCUT2D eigenvalue weighted by Crippen LogP contribution is 2.11. The molecule has 0 aliphatic carbocycles. The molecule has 2 N–H and O–H groups in total. The van der Waals surface area contributed by atoms with Gasteiger partial charge in [-0.05, 0) is 6.92 Å². The summed E-state index contributed by atoms with van der Waals surface area (Å²) in [5.74, 6) is -0.713. The van der Waals surface area contributed by atoms with Crippen LogP contribution in [0.5, 0.6) is 0 Å². The summed E-state index contributed by atoms with van der Waals surface area (Å²) >= 11 is 4.92. The summed E-state index contributed by atoms with van der Waals surface area (Å²) < 4.78 is 47.5. The standard InChI is InChI=1S/C10H21N3O4S3/c1-9(10(11)18)12-3-5-13(6-4-12)20(16,17)8-7-19(2,14)15/h9H,3-8H2,1-2H3,(H2,11,18). The Balaban J connectivity index is 2.58. The number of rotatable bonds is 6. The Morgan fingerprint density at radius 1 is 1.15 bits per heavy atom. The minimum absolute atomic E-state index is 0.0640. The van der Waals surface area contributed by atoms with E-state index in [1.54, 1.807) is 0 Å². The Bertz CT molecular complexity index is 550. The number of nitrogens with two attached hydrogens (primary N) is 1. The summed E-state index contributed by atoms with van der Waals surface area (Å²) in [5.41, 5.74) is 5.57. The van der Waals surface area contributed by atoms with Gasteiger partial charge in [0.15, 0.2) is 0 Å². The first kappa shape index (κ1) is 17.8. The van der Waals surface area contributed by atoms with E-state index in [0.29, 0.717) is 31.2 Å². The third-order valence-corrected chi connectivity index (χ3v) is 6.76. The number of hydrogen-bond donors (Lipinski definition) is 1. The average Bonchev–Trinajstić information content (AvgIpc) is 2.35. The van der Waals surface area contributed by atoms with Gasteiger partial charge in [-0.15, -0.1) is 0 Å². The van der Waals surface area contributed by atoms with Gasteiger partial charge in [-0.1, -0.05) is 12.2 Å². The molecule has 0 radical (unpaired) electrons. The predicted molar refractivity (Wildman–Crippen MR) is 82.9 cm³/mol. The van der Waals surface area contributed by atoms with Crippen LogP contribution in [0.3, 0.4) is 0 Å². The lowest BCUT2D eigenvalue weighted by Crippen LogP contribution is -2.54. The molecule has 0 amide bonds. The molecular formula is C10H21N3O4S3. The number of sulfonamides is 1. The Morgan fingerprint density at radius 3 is 2.05 bits per heavy atom. The van der Waals surface area contributed by atoms with E-state index in [-0.39, 0.29) is 17.5 Å². The maximum absolute atomic E-state index is 12.0. The van der Waals surface area contributed by atoms with Gasteiger partial charge in [0.2, 0.25) is 10.0 Å². The largest absolute Gasteiger partial charge is 0.392 e. The zero-order valence-electron chi connectivity index (χ0n) is 11.6. The minimum Gasteiger partial charge on any atom is -0.392 e. The third-order valence-electron chi connectivity index (χ3n) is 3.34. The van der Waals surface area contributed by atoms with Gasteiger partial charge in [-0.3, -0.25) is 4.90 Å². The first-order valence-corrected chi connectivity index (χ1v) is 10.3. The lowest BCUT2D eigenvalue weighted by molar-refractivity contribution is 0.175. The summed E-state index contributed by atoms with van der Waals surface area (Å²) in [6, 6.07) is -0.0640. The van der Waals surface area contributed by atoms with E-state index in [2.05, 4.69) is 0 Å². The van der Waals surface area contributed by atoms with Crippen molar-refractivity contribution in [2.24, 2.45) is 5.73 Å². The zero-order chi connectivity index (χ0) is 15.6. The van der Waals surface area contributed by atoms with Gasteiger partial charge in [0, 0.05) is 32.4 Å². The van der Waals surface area contributed by atoms with Crippen LogP contribution in [0.15, 0.2) is 0 Å². The molecule has 1 aliphatic rings. The molecule has 20 heavy (non-hydrogen) atoms. The van der Waals surface area contributed by atoms with E-state index in [9.17, 15) is 16.8 Å². The van der Waals surface area contributed by atoms with Crippen LogP contribution in [0.4, 0.5) is 0 Å². The van der Waals surface area contributed by atoms with Gasteiger partial charge >= 0.3 is 0 Å². The third kappa shape index (κ3) is 5.24. The van der Waals surface area contributed by atoms with E-state index in [0.717, 1.165) is 6.26 Å². The first-order chi connectivity index (χ1) is 9.03. The predicted octanol–water partition coefficient (Wildman–Crippen LogP) is -1.35. The van der Waals surface area contributed by atoms with Gasteiger partial charge in [0.25, 0.3) is 0 Å². The summed E-state index contributed by atoms with van der Waals surface area (Å²) in [6.45, 7) is 3.63. The van der Waals surface area contributed by atoms with Gasteiger partial charge < -0.3 is 5.73 Å². The summed E-state index contributed by atoms with van der Waals surface area (Å²) in [4.78, 5) is 2.41. The van der Waals surface area contributed by atoms with Crippen molar-refractivity contribution < 1.29 is 16.8 Å². The van der Waals surface area contributed by atoms with Gasteiger partial charge in [0.05, 0.1) is 22.5 Å². The topological polar surface area (TPSA) is 101 Å². The maximum Gasteiger partial charge on any atom is 0.215 e. The molecule has 7 nitrogen and oxygen atoms in total. The quantitative estimate of drug-likeness (QED) is 0.595. The van der Waals surface area contributed by atoms with Gasteiger partial charge in [-0.25, -0.2) is 16.8 Å². The molecule has 1 atom stereocenters. The van der Waals surface area contributed by atoms with E-state index >= 15 is 0 Å². The van der Waals surface area contributed by atoms with Gasteiger partial charge in [-0.2, -0.15) is 4.31 Å². The van der Waals surface area contributed by atoms with Crippen molar-refractivity contribution in [3.05, 3.63) is 0 Å². The molecule has 1 rings (SSSR count). The average molecular weight is 343 g/mol. The number of thiocarbonyl (C=S) groups is 1. The van der Waals surface area contributed by atoms with Gasteiger partial charge in [0.1, 0.15) is 9.84 Å². The molecule has 0 aromatic rings. The number of nitrogens with zero attached hydrogens (tertiary/aromatic N) is 2. The fourth-order valence-electron chi connectivity index (χ4n) is 1.93. The van der Waals surface area contributed by atoms with Crippen LogP contribution in [-0.2, 0) is 19.9 Å². The highest BCUT2D eigenvalue weighted by atomic mass is 32.2. The Kier molecular flexibility index (Phi) is 5.90. The molecule has 118 valence electrons. The van der Waals surface area contributed by atoms with Crippen LogP contribution >= 0.6 is 12.2 Å². The smallest absolute Gasteiger partial charge is 0.215 e. The first-order valence-electron chi connectivity index (χ1n) is 6.22. The van der Waals surface area contributed by atoms with Crippen molar-refractivity contribution in [3.8, 4) is 0 Å². The second-order valence-corrected chi connectivity index (χ2v) is 9.78. The molecule has 10 heteroatoms. The van der Waals surface area contributed by atoms with E-state index < -0.39 is 19.9 Å². The van der Waals surface area contributed by atoms with Crippen molar-refractivity contribution in [2.45, 2.75) is 13.0 Å². The fourth-order valence-corrected chi connectivity index (χ4v) is 5.12. The fraction of sp³-hybridized carbons (Fsp3) is 0.900. The highest BCUT2D eigenvalue weighted by Gasteiger charge is 2.29. The van der Waals surface area contributed by atoms with Crippen molar-refractivity contribution in [1.82, 2.24) is 9.21 Å². The van der Waals surface area contributed by atoms with E-state index in [1.807, 2.05) is 11.8 Å². The lowest BCUT2D eigenvalue weighted by Gasteiger charge is -2.36. The van der Waals surface area contributed by atoms with Crippen molar-refractivity contribution in [1.29, 1.82) is 0 Å². The highest BCUT2D eigenvalue weighted by molar-refractivity contribution is 7.93. The molecule has 1 unspecified atom stereocenters. The Morgan fingerprint density at radius 2 is 1.65 bits per heavy atom. The van der Waals surface area contributed by atoms with Crippen molar-refractivity contribution in [3.63, 3.8) is 0 Å². The van der Waals surface area contributed by atoms with Crippen LogP contribution in [0.25, 0.3) is 0 Å². The zero-order valence-corrected chi connectivity index (χ0v) is 14.1. The second kappa shape index (κ2) is 6.65. The summed E-state index contributed by atoms with van der Waals surface area (Å²) in [6.07, 6.45) is 1.03. The number of hydrogen-bond acceptors (Lipinski definition) is 6. The molecule has 1 heterocycles. The summed E-state index contributed by atoms with van der Waals surface area (Å²) in [7, 11) is -6.80. The minimum atomic E-state index is -3.52. The molecule has 0 saturated carbocycles. The van der Waals surface area contributed by atoms with Crippen LogP contribution in [-0.4, -0.2) is 81.0 Å². The molecular weight excluding hydrogens is 322 g/mol. The maximum atomic E-state index is 12.0. The van der Waals surface area contributed by atoms with Crippen molar-refractivity contribution in [2.75, 3.05) is 43.9 Å².